The number of benzene rings is 2. The molecule has 1 aliphatic rings. The van der Waals surface area contributed by atoms with Crippen LogP contribution in [0.3, 0.4) is 0 Å². The predicted octanol–water partition coefficient (Wildman–Crippen LogP) is 4.90. The molecule has 2 aromatic carbocycles. The number of nitrogens with one attached hydrogen (secondary N) is 1. The molecule has 0 bridgehead atoms. The first-order valence-electron chi connectivity index (χ1n) is 10.1. The number of halogens is 2. The Bertz CT molecular complexity index is 1130. The molecule has 1 amide bonds. The van der Waals surface area contributed by atoms with Gasteiger partial charge in [-0.15, -0.1) is 0 Å². The van der Waals surface area contributed by atoms with Gasteiger partial charge in [-0.3, -0.25) is 4.79 Å². The number of pyridine rings is 1. The Labute approximate surface area is 178 Å². The lowest BCUT2D eigenvalue weighted by Crippen LogP contribution is -2.36. The van der Waals surface area contributed by atoms with Gasteiger partial charge in [0, 0.05) is 36.3 Å². The average molecular weight is 427 g/mol. The van der Waals surface area contributed by atoms with Crippen molar-refractivity contribution in [2.45, 2.75) is 19.3 Å². The molecule has 4 rings (SSSR count). The van der Waals surface area contributed by atoms with Gasteiger partial charge < -0.3 is 19.7 Å². The van der Waals surface area contributed by atoms with E-state index in [9.17, 15) is 13.6 Å². The van der Waals surface area contributed by atoms with Gasteiger partial charge in [0.2, 0.25) is 0 Å². The fourth-order valence-electron chi connectivity index (χ4n) is 3.75. The van der Waals surface area contributed by atoms with Crippen molar-refractivity contribution >= 4 is 28.2 Å². The molecule has 0 unspecified atom stereocenters. The largest absolute Gasteiger partial charge is 0.493 e. The van der Waals surface area contributed by atoms with E-state index < -0.39 is 11.6 Å². The lowest BCUT2D eigenvalue weighted by atomic mass is 10.1. The number of anilines is 2. The number of carbonyl (C=O) groups excluding carboxylic acids is 1. The van der Waals surface area contributed by atoms with Crippen LogP contribution in [0.5, 0.6) is 11.5 Å². The Balaban J connectivity index is 1.83. The lowest BCUT2D eigenvalue weighted by molar-refractivity contribution is 0.0719. The zero-order valence-corrected chi connectivity index (χ0v) is 17.4. The summed E-state index contributed by atoms with van der Waals surface area (Å²) in [5, 5.41) is 3.74. The molecule has 6 nitrogen and oxygen atoms in total. The van der Waals surface area contributed by atoms with Crippen molar-refractivity contribution in [1.82, 2.24) is 9.88 Å². The van der Waals surface area contributed by atoms with E-state index in [-0.39, 0.29) is 11.6 Å². The van der Waals surface area contributed by atoms with Gasteiger partial charge in [0.25, 0.3) is 5.91 Å². The first-order chi connectivity index (χ1) is 15.0. The number of nitrogens with zero attached hydrogens (tertiary/aromatic N) is 2. The number of fused-ring (bicyclic) bond motifs is 1. The van der Waals surface area contributed by atoms with Crippen molar-refractivity contribution in [2.75, 3.05) is 32.6 Å². The molecule has 0 atom stereocenters. The predicted molar refractivity (Wildman–Crippen MR) is 114 cm³/mol. The lowest BCUT2D eigenvalue weighted by Gasteiger charge is -2.26. The SMILES string of the molecule is COc1cc2nc(C(=O)N3CCCCC3)cc(Nc3ccc(F)c(F)c3)c2cc1OC. The van der Waals surface area contributed by atoms with Crippen molar-refractivity contribution in [2.24, 2.45) is 0 Å². The van der Waals surface area contributed by atoms with Gasteiger partial charge in [0.15, 0.2) is 23.1 Å². The zero-order chi connectivity index (χ0) is 22.0. The Morgan fingerprint density at radius 1 is 0.968 bits per heavy atom. The van der Waals surface area contributed by atoms with Gasteiger partial charge in [-0.25, -0.2) is 13.8 Å². The minimum absolute atomic E-state index is 0.162. The minimum atomic E-state index is -0.966. The summed E-state index contributed by atoms with van der Waals surface area (Å²) in [6.07, 6.45) is 3.03. The quantitative estimate of drug-likeness (QED) is 0.628. The van der Waals surface area contributed by atoms with Crippen LogP contribution in [-0.4, -0.2) is 43.1 Å². The fraction of sp³-hybridized carbons (Fsp3) is 0.304. The van der Waals surface area contributed by atoms with Crippen LogP contribution in [0.15, 0.2) is 36.4 Å². The van der Waals surface area contributed by atoms with Crippen LogP contribution < -0.4 is 14.8 Å². The van der Waals surface area contributed by atoms with Crippen LogP contribution in [0.2, 0.25) is 0 Å². The third-order valence-corrected chi connectivity index (χ3v) is 5.38. The number of aromatic nitrogens is 1. The van der Waals surface area contributed by atoms with Gasteiger partial charge in [0.05, 0.1) is 25.4 Å². The van der Waals surface area contributed by atoms with Crippen LogP contribution in [0.1, 0.15) is 29.8 Å². The molecule has 162 valence electrons. The van der Waals surface area contributed by atoms with E-state index in [1.54, 1.807) is 23.1 Å². The van der Waals surface area contributed by atoms with E-state index in [1.807, 2.05) is 0 Å². The highest BCUT2D eigenvalue weighted by molar-refractivity contribution is 6.01. The third-order valence-electron chi connectivity index (χ3n) is 5.38. The normalized spacial score (nSPS) is 13.9. The molecule has 1 aromatic heterocycles. The van der Waals surface area contributed by atoms with E-state index in [0.717, 1.165) is 31.4 Å². The monoisotopic (exact) mass is 427 g/mol. The Hall–Kier alpha value is -3.42. The van der Waals surface area contributed by atoms with E-state index in [4.69, 9.17) is 9.47 Å². The molecule has 31 heavy (non-hydrogen) atoms. The molecule has 0 spiro atoms. The van der Waals surface area contributed by atoms with Crippen LogP contribution in [0, 0.1) is 11.6 Å². The van der Waals surface area contributed by atoms with Crippen molar-refractivity contribution in [1.29, 1.82) is 0 Å². The maximum absolute atomic E-state index is 13.7. The van der Waals surface area contributed by atoms with E-state index in [2.05, 4.69) is 10.3 Å². The fourth-order valence-corrected chi connectivity index (χ4v) is 3.75. The van der Waals surface area contributed by atoms with Gasteiger partial charge in [-0.05, 0) is 43.5 Å². The number of carbonyl (C=O) groups is 1. The van der Waals surface area contributed by atoms with Gasteiger partial charge in [-0.2, -0.15) is 0 Å². The summed E-state index contributed by atoms with van der Waals surface area (Å²) in [5.74, 6) is -1.10. The number of piperidine rings is 1. The first-order valence-corrected chi connectivity index (χ1v) is 10.1. The van der Waals surface area contributed by atoms with Crippen LogP contribution in [0.4, 0.5) is 20.2 Å². The standard InChI is InChI=1S/C23H23F2N3O3/c1-30-21-11-15-18(26-14-6-7-16(24)17(25)10-14)12-20(27-19(15)13-22(21)31-2)23(29)28-8-4-3-5-9-28/h6-7,10-13H,3-5,8-9H2,1-2H3,(H,26,27). The van der Waals surface area contributed by atoms with Crippen molar-refractivity contribution < 1.29 is 23.0 Å². The minimum Gasteiger partial charge on any atom is -0.493 e. The molecule has 1 N–H and O–H groups in total. The summed E-state index contributed by atoms with van der Waals surface area (Å²) in [7, 11) is 3.04. The summed E-state index contributed by atoms with van der Waals surface area (Å²) in [6.45, 7) is 1.38. The topological polar surface area (TPSA) is 63.7 Å². The van der Waals surface area contributed by atoms with Crippen molar-refractivity contribution in [3.63, 3.8) is 0 Å². The maximum atomic E-state index is 13.7. The number of hydrogen-bond acceptors (Lipinski definition) is 5. The number of hydrogen-bond donors (Lipinski definition) is 1. The van der Waals surface area contributed by atoms with Crippen molar-refractivity contribution in [3.8, 4) is 11.5 Å². The van der Waals surface area contributed by atoms with E-state index >= 15 is 0 Å². The van der Waals surface area contributed by atoms with E-state index in [1.165, 1.54) is 20.3 Å². The van der Waals surface area contributed by atoms with Crippen molar-refractivity contribution in [3.05, 3.63) is 53.7 Å². The third kappa shape index (κ3) is 4.23. The van der Waals surface area contributed by atoms with E-state index in [0.29, 0.717) is 46.9 Å². The molecule has 8 heteroatoms. The number of ether oxygens (including phenoxy) is 2. The summed E-state index contributed by atoms with van der Waals surface area (Å²) in [4.78, 5) is 19.5. The molecule has 0 radical (unpaired) electrons. The zero-order valence-electron chi connectivity index (χ0n) is 17.4. The number of rotatable bonds is 5. The number of amides is 1. The maximum Gasteiger partial charge on any atom is 0.272 e. The first kappa shape index (κ1) is 20.8. The molecular formula is C23H23F2N3O3. The molecular weight excluding hydrogens is 404 g/mol. The molecule has 1 fully saturated rings. The Morgan fingerprint density at radius 2 is 1.68 bits per heavy atom. The molecule has 1 aliphatic heterocycles. The van der Waals surface area contributed by atoms with Crippen LogP contribution in [-0.2, 0) is 0 Å². The molecule has 0 aliphatic carbocycles. The number of likely N-dealkylation sites (tertiary alicyclic amines) is 1. The summed E-state index contributed by atoms with van der Waals surface area (Å²) in [6, 6.07) is 8.60. The average Bonchev–Trinajstić information content (AvgIpc) is 2.80. The molecule has 3 aromatic rings. The highest BCUT2D eigenvalue weighted by atomic mass is 19.2. The van der Waals surface area contributed by atoms with Crippen LogP contribution >= 0.6 is 0 Å². The van der Waals surface area contributed by atoms with Gasteiger partial charge in [0.1, 0.15) is 5.69 Å². The van der Waals surface area contributed by atoms with Gasteiger partial charge in [-0.1, -0.05) is 0 Å². The highest BCUT2D eigenvalue weighted by Gasteiger charge is 2.22. The summed E-state index contributed by atoms with van der Waals surface area (Å²) in [5.41, 5.74) is 1.66. The van der Waals surface area contributed by atoms with Crippen LogP contribution in [0.25, 0.3) is 10.9 Å². The number of methoxy groups -OCH3 is 2. The summed E-state index contributed by atoms with van der Waals surface area (Å²) < 4.78 is 37.9. The molecule has 0 saturated carbocycles. The highest BCUT2D eigenvalue weighted by Crippen LogP contribution is 2.36. The second-order valence-electron chi connectivity index (χ2n) is 7.39. The smallest absolute Gasteiger partial charge is 0.272 e. The second-order valence-corrected chi connectivity index (χ2v) is 7.39. The molecule has 1 saturated heterocycles. The Kier molecular flexibility index (Phi) is 5.88. The second kappa shape index (κ2) is 8.75. The summed E-state index contributed by atoms with van der Waals surface area (Å²) >= 11 is 0. The Morgan fingerprint density at radius 3 is 2.35 bits per heavy atom. The molecule has 2 heterocycles. The van der Waals surface area contributed by atoms with Gasteiger partial charge >= 0.3 is 0 Å².